The van der Waals surface area contributed by atoms with E-state index in [4.69, 9.17) is 4.42 Å². The fourth-order valence-electron chi connectivity index (χ4n) is 5.41. The van der Waals surface area contributed by atoms with Gasteiger partial charge in [0.2, 0.25) is 0 Å². The van der Waals surface area contributed by atoms with E-state index in [9.17, 15) is 14.3 Å². The Morgan fingerprint density at radius 3 is 2.76 bits per heavy atom. The lowest BCUT2D eigenvalue weighted by molar-refractivity contribution is -0.148. The van der Waals surface area contributed by atoms with Crippen molar-refractivity contribution >= 4 is 22.8 Å². The molecule has 3 aliphatic rings. The zero-order chi connectivity index (χ0) is 22.5. The Morgan fingerprint density at radius 1 is 1.18 bits per heavy atom. The smallest absolute Gasteiger partial charge is 0.308 e. The number of carbonyl (C=O) groups is 1. The van der Waals surface area contributed by atoms with Gasteiger partial charge in [-0.2, -0.15) is 5.10 Å². The summed E-state index contributed by atoms with van der Waals surface area (Å²) in [5, 5.41) is 20.8. The highest BCUT2D eigenvalue weighted by molar-refractivity contribution is 5.89. The zero-order valence-corrected chi connectivity index (χ0v) is 17.5. The summed E-state index contributed by atoms with van der Waals surface area (Å²) in [5.74, 6) is 0.0200. The van der Waals surface area contributed by atoms with Gasteiger partial charge in [-0.15, -0.1) is 0 Å². The van der Waals surface area contributed by atoms with Crippen molar-refractivity contribution in [3.63, 3.8) is 0 Å². The molecule has 0 aliphatic heterocycles. The molecule has 4 aromatic heterocycles. The Morgan fingerprint density at radius 2 is 2.00 bits per heavy atom. The number of furan rings is 1. The number of nitrogens with one attached hydrogen (secondary N) is 2. The second-order valence-electron chi connectivity index (χ2n) is 8.77. The highest BCUT2D eigenvalue weighted by Crippen LogP contribution is 2.46. The van der Waals surface area contributed by atoms with Crippen LogP contribution in [0, 0.1) is 23.6 Å². The van der Waals surface area contributed by atoms with Crippen molar-refractivity contribution in [1.29, 1.82) is 0 Å². The number of aromatic nitrogens is 5. The van der Waals surface area contributed by atoms with E-state index >= 15 is 0 Å². The Balaban J connectivity index is 1.45. The lowest BCUT2D eigenvalue weighted by Crippen LogP contribution is -2.51. The molecule has 2 atom stereocenters. The van der Waals surface area contributed by atoms with Crippen LogP contribution >= 0.6 is 0 Å². The number of anilines is 1. The third-order valence-electron chi connectivity index (χ3n) is 6.92. The maximum atomic E-state index is 13.9. The predicted octanol–water partition coefficient (Wildman–Crippen LogP) is 4.12. The van der Waals surface area contributed by atoms with E-state index in [0.717, 1.165) is 31.9 Å². The summed E-state index contributed by atoms with van der Waals surface area (Å²) in [6, 6.07) is 6.40. The minimum Gasteiger partial charge on any atom is -0.481 e. The van der Waals surface area contributed by atoms with E-state index in [0.29, 0.717) is 34.0 Å². The standard InChI is InChI=1S/C23H21FN6O3/c24-13-8-14-20(29-30-21(14)25-10-13)22-26-15(16-2-1-7-33-16)9-17(28-22)27-19-12-5-3-11(4-6-12)18(19)23(31)32/h1-2,7-12,18-19H,3-6H2,(H,31,32)(H,25,29,30)(H,26,27,28). The van der Waals surface area contributed by atoms with E-state index in [1.165, 1.54) is 6.07 Å². The molecule has 2 unspecified atom stereocenters. The molecule has 3 N–H and O–H groups in total. The molecule has 3 fully saturated rings. The summed E-state index contributed by atoms with van der Waals surface area (Å²) in [6.07, 6.45) is 6.56. The summed E-state index contributed by atoms with van der Waals surface area (Å²) >= 11 is 0. The van der Waals surface area contributed by atoms with Crippen LogP contribution in [0.25, 0.3) is 34.0 Å². The molecule has 168 valence electrons. The van der Waals surface area contributed by atoms with E-state index in [2.05, 4.69) is 30.5 Å². The van der Waals surface area contributed by atoms with Gasteiger partial charge in [0, 0.05) is 12.1 Å². The summed E-state index contributed by atoms with van der Waals surface area (Å²) < 4.78 is 19.4. The van der Waals surface area contributed by atoms with Crippen LogP contribution < -0.4 is 5.32 Å². The fourth-order valence-corrected chi connectivity index (χ4v) is 5.41. The van der Waals surface area contributed by atoms with Crippen LogP contribution in [0.1, 0.15) is 25.7 Å². The molecule has 3 aliphatic carbocycles. The SMILES string of the molecule is O=C(O)C1C2CCC(CC2)C1Nc1cc(-c2ccco2)nc(-c2[nH]nc3ncc(F)cc23)n1. The molecule has 9 nitrogen and oxygen atoms in total. The van der Waals surface area contributed by atoms with Crippen LogP contribution in [0.4, 0.5) is 10.2 Å². The lowest BCUT2D eigenvalue weighted by atomic mass is 9.61. The summed E-state index contributed by atoms with van der Waals surface area (Å²) in [4.78, 5) is 25.4. The molecule has 4 aromatic rings. The molecule has 0 spiro atoms. The molecule has 10 heteroatoms. The van der Waals surface area contributed by atoms with Gasteiger partial charge in [-0.05, 0) is 55.7 Å². The average Bonchev–Trinajstić information content (AvgIpc) is 3.49. The number of nitrogens with zero attached hydrogens (tertiary/aromatic N) is 4. The van der Waals surface area contributed by atoms with Crippen molar-refractivity contribution in [3.8, 4) is 23.0 Å². The number of aromatic amines is 1. The number of hydrogen-bond acceptors (Lipinski definition) is 7. The molecule has 0 radical (unpaired) electrons. The molecule has 3 saturated carbocycles. The van der Waals surface area contributed by atoms with Crippen molar-refractivity contribution in [2.24, 2.45) is 17.8 Å². The number of aliphatic carboxylic acids is 1. The van der Waals surface area contributed by atoms with Gasteiger partial charge in [0.05, 0.1) is 23.8 Å². The van der Waals surface area contributed by atoms with Gasteiger partial charge in [0.25, 0.3) is 0 Å². The van der Waals surface area contributed by atoms with Gasteiger partial charge in [-0.1, -0.05) is 0 Å². The van der Waals surface area contributed by atoms with E-state index < -0.39 is 17.7 Å². The Hall–Kier alpha value is -3.82. The van der Waals surface area contributed by atoms with Crippen molar-refractivity contribution in [2.45, 2.75) is 31.7 Å². The van der Waals surface area contributed by atoms with Crippen molar-refractivity contribution in [2.75, 3.05) is 5.32 Å². The summed E-state index contributed by atoms with van der Waals surface area (Å²) in [5.41, 5.74) is 1.30. The van der Waals surface area contributed by atoms with Crippen LogP contribution in [-0.4, -0.2) is 42.3 Å². The second kappa shape index (κ2) is 7.65. The first-order valence-electron chi connectivity index (χ1n) is 11.0. The van der Waals surface area contributed by atoms with Crippen LogP contribution in [0.15, 0.2) is 41.1 Å². The van der Waals surface area contributed by atoms with Gasteiger partial charge >= 0.3 is 5.97 Å². The first-order chi connectivity index (χ1) is 16.1. The predicted molar refractivity (Wildman–Crippen MR) is 117 cm³/mol. The largest absolute Gasteiger partial charge is 0.481 e. The van der Waals surface area contributed by atoms with Crippen molar-refractivity contribution in [3.05, 3.63) is 42.5 Å². The third-order valence-corrected chi connectivity index (χ3v) is 6.92. The normalized spacial score (nSPS) is 24.3. The van der Waals surface area contributed by atoms with Gasteiger partial charge in [-0.3, -0.25) is 9.89 Å². The number of carboxylic acid groups (broad SMARTS) is 1. The van der Waals surface area contributed by atoms with E-state index in [1.807, 2.05) is 0 Å². The molecule has 2 bridgehead atoms. The molecular formula is C23H21FN6O3. The number of halogens is 1. The average molecular weight is 448 g/mol. The van der Waals surface area contributed by atoms with Gasteiger partial charge in [0.1, 0.15) is 23.0 Å². The molecule has 0 aromatic carbocycles. The molecule has 0 saturated heterocycles. The third kappa shape index (κ3) is 3.42. The van der Waals surface area contributed by atoms with Crippen LogP contribution in [-0.2, 0) is 4.79 Å². The quantitative estimate of drug-likeness (QED) is 0.416. The monoisotopic (exact) mass is 448 g/mol. The van der Waals surface area contributed by atoms with Crippen molar-refractivity contribution < 1.29 is 18.7 Å². The van der Waals surface area contributed by atoms with Gasteiger partial charge in [-0.25, -0.2) is 19.3 Å². The van der Waals surface area contributed by atoms with Crippen molar-refractivity contribution in [1.82, 2.24) is 25.1 Å². The number of fused-ring (bicyclic) bond motifs is 4. The molecule has 33 heavy (non-hydrogen) atoms. The topological polar surface area (TPSA) is 130 Å². The first-order valence-corrected chi connectivity index (χ1v) is 11.0. The number of carboxylic acids is 1. The maximum Gasteiger partial charge on any atom is 0.308 e. The Bertz CT molecular complexity index is 1330. The van der Waals surface area contributed by atoms with Gasteiger partial charge < -0.3 is 14.8 Å². The van der Waals surface area contributed by atoms with Gasteiger partial charge in [0.15, 0.2) is 17.2 Å². The number of H-pyrrole nitrogens is 1. The minimum atomic E-state index is -0.774. The number of hydrogen-bond donors (Lipinski definition) is 3. The Labute approximate surface area is 187 Å². The first kappa shape index (κ1) is 19.8. The molecule has 0 amide bonds. The Kier molecular flexibility index (Phi) is 4.60. The minimum absolute atomic E-state index is 0.168. The molecule has 4 heterocycles. The van der Waals surface area contributed by atoms with E-state index in [1.54, 1.807) is 24.5 Å². The molecular weight excluding hydrogens is 427 g/mol. The fraction of sp³-hybridized carbons (Fsp3) is 0.348. The summed E-state index contributed by atoms with van der Waals surface area (Å²) in [7, 11) is 0. The number of rotatable bonds is 5. The second-order valence-corrected chi connectivity index (χ2v) is 8.77. The lowest BCUT2D eigenvalue weighted by Gasteiger charge is -2.47. The van der Waals surface area contributed by atoms with Crippen LogP contribution in [0.2, 0.25) is 0 Å². The zero-order valence-electron chi connectivity index (χ0n) is 17.5. The van der Waals surface area contributed by atoms with E-state index in [-0.39, 0.29) is 23.7 Å². The van der Waals surface area contributed by atoms with Crippen LogP contribution in [0.5, 0.6) is 0 Å². The maximum absolute atomic E-state index is 13.9. The summed E-state index contributed by atoms with van der Waals surface area (Å²) in [6.45, 7) is 0. The molecule has 7 rings (SSSR count). The number of pyridine rings is 1. The highest BCUT2D eigenvalue weighted by Gasteiger charge is 2.47. The highest BCUT2D eigenvalue weighted by atomic mass is 19.1. The van der Waals surface area contributed by atoms with Crippen LogP contribution in [0.3, 0.4) is 0 Å².